The van der Waals surface area contributed by atoms with E-state index < -0.39 is 29.6 Å². The largest absolute Gasteiger partial charge is 0.494 e. The molecule has 1 amide bonds. The molecular weight excluding hydrogens is 1040 g/mol. The summed E-state index contributed by atoms with van der Waals surface area (Å²) >= 11 is 0. The Kier molecular flexibility index (Phi) is 18.0. The van der Waals surface area contributed by atoms with Crippen LogP contribution >= 0.6 is 0 Å². The third-order valence-corrected chi connectivity index (χ3v) is 17.9. The topological polar surface area (TPSA) is 89.7 Å². The van der Waals surface area contributed by atoms with Crippen molar-refractivity contribution < 1.29 is 23.6 Å². The molecule has 8 heteroatoms. The summed E-state index contributed by atoms with van der Waals surface area (Å²) in [6, 6.07) is 91.8. The quantitative estimate of drug-likeness (QED) is 0.0232. The number of para-hydroxylation sites is 1. The van der Waals surface area contributed by atoms with E-state index in [1.165, 1.54) is 33.4 Å². The van der Waals surface area contributed by atoms with Crippen LogP contribution in [0.2, 0.25) is 0 Å². The maximum Gasteiger partial charge on any atom is 0.494 e. The Morgan fingerprint density at radius 2 is 0.953 bits per heavy atom. The molecule has 4 unspecified atom stereocenters. The fourth-order valence-electron chi connectivity index (χ4n) is 13.5. The molecule has 9 aromatic carbocycles. The number of ether oxygens (including phenoxy) is 1. The van der Waals surface area contributed by atoms with Crippen LogP contribution in [-0.4, -0.2) is 48.6 Å². The van der Waals surface area contributed by atoms with E-state index in [0.717, 1.165) is 85.3 Å². The molecule has 0 radical (unpaired) electrons. The van der Waals surface area contributed by atoms with Crippen LogP contribution in [0.5, 0.6) is 0 Å². The maximum absolute atomic E-state index is 13.8. The third kappa shape index (κ3) is 12.6. The molecule has 7 nitrogen and oxygen atoms in total. The average Bonchev–Trinajstić information content (AvgIpc) is 3.62. The standard InChI is InChI=1S/C77H73BN2O5/c81-74(72-68-42-24-25-43-69(68)80-73(72)59-27-8-1-9-28-59)75(82)79-55-52-57-26-22-23-41-67(49-46-57)83-56-58-44-47-66(48-45-58)78-84-70(50-53-76(60-29-10-2-11-30-60,61-31-12-3-13-32-61)62-33-14-4-15-34-62)71(85-78)51-54-77(63-35-16-5-17-36-63,64-37-18-6-19-38-64)65-39-20-7-21-40-65/h1-21,23-25,27-45,47-48,57,67,70-71,80H,22,26,46,49-56H2,(H,79,82)/b41-23-. The second kappa shape index (κ2) is 26.9. The SMILES string of the molecule is O=C(NCCC1CC/C=C\C(OCc2ccc(B3OC(CCC(c4ccccc4)(c4ccccc4)c4ccccc4)C(CCC(c4ccccc4)(c4ccccc4)c4ccccc4)O3)cc2)CC1)C(=O)c1c(-c2ccccc2)[nH]c2ccccc12. The molecule has 2 N–H and O–H groups in total. The van der Waals surface area contributed by atoms with E-state index in [0.29, 0.717) is 30.3 Å². The van der Waals surface area contributed by atoms with Gasteiger partial charge in [0.1, 0.15) is 0 Å². The van der Waals surface area contributed by atoms with Gasteiger partial charge < -0.3 is 24.3 Å². The summed E-state index contributed by atoms with van der Waals surface area (Å²) in [4.78, 5) is 30.7. The number of carbonyl (C=O) groups excluding carboxylic acids is 2. The van der Waals surface area contributed by atoms with Gasteiger partial charge >= 0.3 is 7.12 Å². The lowest BCUT2D eigenvalue weighted by molar-refractivity contribution is -0.117. The molecule has 424 valence electrons. The Morgan fingerprint density at radius 3 is 1.44 bits per heavy atom. The molecule has 0 spiro atoms. The Morgan fingerprint density at radius 1 is 0.506 bits per heavy atom. The molecule has 10 aromatic rings. The van der Waals surface area contributed by atoms with Crippen molar-refractivity contribution in [2.45, 2.75) is 93.5 Å². The van der Waals surface area contributed by atoms with Gasteiger partial charge in [-0.3, -0.25) is 9.59 Å². The number of aromatic amines is 1. The monoisotopic (exact) mass is 1120 g/mol. The van der Waals surface area contributed by atoms with Gasteiger partial charge in [-0.05, 0) is 120 Å². The van der Waals surface area contributed by atoms with E-state index in [-0.39, 0.29) is 18.3 Å². The van der Waals surface area contributed by atoms with Crippen LogP contribution in [0.25, 0.3) is 22.2 Å². The first-order chi connectivity index (χ1) is 42.0. The van der Waals surface area contributed by atoms with Crippen LogP contribution in [0.15, 0.2) is 273 Å². The first kappa shape index (κ1) is 56.8. The van der Waals surface area contributed by atoms with E-state index in [1.54, 1.807) is 0 Å². The van der Waals surface area contributed by atoms with Crippen LogP contribution in [0.1, 0.15) is 107 Å². The van der Waals surface area contributed by atoms with Crippen molar-refractivity contribution in [2.75, 3.05) is 6.54 Å². The highest BCUT2D eigenvalue weighted by molar-refractivity contribution is 6.61. The van der Waals surface area contributed by atoms with E-state index in [9.17, 15) is 9.59 Å². The summed E-state index contributed by atoms with van der Waals surface area (Å²) in [5.41, 5.74) is 11.4. The van der Waals surface area contributed by atoms with Crippen molar-refractivity contribution in [2.24, 2.45) is 5.92 Å². The molecule has 1 aromatic heterocycles. The fourth-order valence-corrected chi connectivity index (χ4v) is 13.5. The molecule has 2 heterocycles. The van der Waals surface area contributed by atoms with E-state index in [4.69, 9.17) is 14.0 Å². The van der Waals surface area contributed by atoms with E-state index in [2.05, 4.69) is 229 Å². The number of Topliss-reactive ketones (excluding diaryl/α,β-unsaturated/α-hetero) is 1. The number of allylic oxidation sites excluding steroid dienone is 1. The molecule has 1 fully saturated rings. The van der Waals surface area contributed by atoms with Gasteiger partial charge in [-0.15, -0.1) is 0 Å². The van der Waals surface area contributed by atoms with Crippen LogP contribution < -0.4 is 10.8 Å². The second-order valence-corrected chi connectivity index (χ2v) is 23.0. The van der Waals surface area contributed by atoms with Crippen molar-refractivity contribution in [3.05, 3.63) is 318 Å². The Hall–Kier alpha value is -8.66. The third-order valence-electron chi connectivity index (χ3n) is 17.9. The molecule has 85 heavy (non-hydrogen) atoms. The lowest BCUT2D eigenvalue weighted by Gasteiger charge is -2.38. The Bertz CT molecular complexity index is 3440. The number of amides is 1. The molecule has 12 rings (SSSR count). The number of carbonyl (C=O) groups is 2. The summed E-state index contributed by atoms with van der Waals surface area (Å²) in [7, 11) is -0.558. The number of H-pyrrole nitrogens is 1. The van der Waals surface area contributed by atoms with Crippen molar-refractivity contribution in [1.29, 1.82) is 0 Å². The van der Waals surface area contributed by atoms with Crippen molar-refractivity contribution >= 4 is 35.2 Å². The van der Waals surface area contributed by atoms with Crippen LogP contribution in [0.3, 0.4) is 0 Å². The number of benzene rings is 9. The van der Waals surface area contributed by atoms with Gasteiger partial charge in [-0.1, -0.05) is 267 Å². The van der Waals surface area contributed by atoms with E-state index in [1.807, 2.05) is 54.6 Å². The van der Waals surface area contributed by atoms with E-state index >= 15 is 0 Å². The zero-order valence-electron chi connectivity index (χ0n) is 48.2. The van der Waals surface area contributed by atoms with Gasteiger partial charge in [0.25, 0.3) is 11.7 Å². The minimum absolute atomic E-state index is 0.0375. The summed E-state index contributed by atoms with van der Waals surface area (Å²) in [5.74, 6) is -0.719. The number of nitrogens with one attached hydrogen (secondary N) is 2. The van der Waals surface area contributed by atoms with Gasteiger partial charge in [0, 0.05) is 28.3 Å². The summed E-state index contributed by atoms with van der Waals surface area (Å²) in [6.07, 6.45) is 11.7. The number of hydrogen-bond donors (Lipinski definition) is 2. The molecule has 2 aliphatic rings. The van der Waals surface area contributed by atoms with Gasteiger partial charge in [0.05, 0.1) is 36.2 Å². The van der Waals surface area contributed by atoms with Gasteiger partial charge in [-0.25, -0.2) is 0 Å². The normalized spacial score (nSPS) is 17.7. The summed E-state index contributed by atoms with van der Waals surface area (Å²) in [6.45, 7) is 0.900. The minimum Gasteiger partial charge on any atom is -0.402 e. The molecule has 4 atom stereocenters. The minimum atomic E-state index is -0.578. The van der Waals surface area contributed by atoms with Gasteiger partial charge in [0.2, 0.25) is 0 Å². The molecule has 1 aliphatic heterocycles. The Balaban J connectivity index is 0.739. The number of ketones is 1. The zero-order valence-corrected chi connectivity index (χ0v) is 48.2. The number of fused-ring (bicyclic) bond motifs is 1. The molecular formula is C77H73BN2O5. The first-order valence-corrected chi connectivity index (χ1v) is 30.5. The zero-order chi connectivity index (χ0) is 57.7. The highest BCUT2D eigenvalue weighted by Crippen LogP contribution is 2.47. The van der Waals surface area contributed by atoms with Crippen LogP contribution in [-0.2, 0) is 36.3 Å². The smallest absolute Gasteiger partial charge is 0.402 e. The number of rotatable bonds is 22. The molecule has 0 saturated carbocycles. The van der Waals surface area contributed by atoms with Crippen molar-refractivity contribution in [1.82, 2.24) is 10.3 Å². The highest BCUT2D eigenvalue weighted by atomic mass is 16.7. The van der Waals surface area contributed by atoms with Crippen LogP contribution in [0.4, 0.5) is 0 Å². The van der Waals surface area contributed by atoms with Gasteiger partial charge in [0.15, 0.2) is 0 Å². The second-order valence-electron chi connectivity index (χ2n) is 23.0. The average molecular weight is 1120 g/mol. The lowest BCUT2D eigenvalue weighted by Crippen LogP contribution is -2.35. The molecule has 1 saturated heterocycles. The lowest BCUT2D eigenvalue weighted by atomic mass is 9.65. The summed E-state index contributed by atoms with van der Waals surface area (Å²) < 4.78 is 21.2. The highest BCUT2D eigenvalue weighted by Gasteiger charge is 2.46. The maximum atomic E-state index is 13.8. The fraction of sp³-hybridized carbons (Fsp3) is 0.221. The molecule has 0 bridgehead atoms. The first-order valence-electron chi connectivity index (χ1n) is 30.5. The summed E-state index contributed by atoms with van der Waals surface area (Å²) in [5, 5.41) is 3.72. The number of aromatic nitrogens is 1. The van der Waals surface area contributed by atoms with Crippen molar-refractivity contribution in [3.63, 3.8) is 0 Å². The predicted molar refractivity (Wildman–Crippen MR) is 344 cm³/mol. The van der Waals surface area contributed by atoms with Gasteiger partial charge in [-0.2, -0.15) is 0 Å². The molecule has 1 aliphatic carbocycles. The van der Waals surface area contributed by atoms with Crippen LogP contribution in [0, 0.1) is 5.92 Å². The predicted octanol–water partition coefficient (Wildman–Crippen LogP) is 16.0. The number of hydrogen-bond acceptors (Lipinski definition) is 5. The Labute approximate surface area is 501 Å². The van der Waals surface area contributed by atoms with Crippen molar-refractivity contribution in [3.8, 4) is 11.3 Å².